The van der Waals surface area contributed by atoms with E-state index in [0.29, 0.717) is 5.88 Å². The molecule has 0 saturated carbocycles. The minimum Gasteiger partial charge on any atom is -0.360 e. The summed E-state index contributed by atoms with van der Waals surface area (Å²) in [5.74, 6) is 1.67. The lowest BCUT2D eigenvalue weighted by molar-refractivity contribution is 0.720. The SMILES string of the molecule is CCCN(C)c1c(CCl)c(C)nn1C. The Hall–Kier alpha value is -0.700. The van der Waals surface area contributed by atoms with Gasteiger partial charge >= 0.3 is 0 Å². The van der Waals surface area contributed by atoms with Crippen molar-refractivity contribution in [2.45, 2.75) is 26.1 Å². The molecule has 3 nitrogen and oxygen atoms in total. The average molecular weight is 216 g/mol. The highest BCUT2D eigenvalue weighted by atomic mass is 35.5. The zero-order valence-electron chi connectivity index (χ0n) is 9.34. The van der Waals surface area contributed by atoms with Gasteiger partial charge in [0.05, 0.1) is 11.6 Å². The van der Waals surface area contributed by atoms with E-state index in [4.69, 9.17) is 11.6 Å². The molecule has 0 amide bonds. The zero-order valence-corrected chi connectivity index (χ0v) is 10.1. The first-order valence-electron chi connectivity index (χ1n) is 4.91. The van der Waals surface area contributed by atoms with Gasteiger partial charge < -0.3 is 4.90 Å². The highest BCUT2D eigenvalue weighted by Gasteiger charge is 2.14. The van der Waals surface area contributed by atoms with Crippen molar-refractivity contribution in [1.82, 2.24) is 9.78 Å². The van der Waals surface area contributed by atoms with E-state index in [2.05, 4.69) is 24.0 Å². The molecule has 0 bridgehead atoms. The van der Waals surface area contributed by atoms with Gasteiger partial charge in [-0.25, -0.2) is 0 Å². The second-order valence-electron chi connectivity index (χ2n) is 3.57. The Kier molecular flexibility index (Phi) is 3.81. The molecule has 0 N–H and O–H groups in total. The Balaban J connectivity index is 3.04. The highest BCUT2D eigenvalue weighted by Crippen LogP contribution is 2.23. The molecule has 0 aliphatic carbocycles. The largest absolute Gasteiger partial charge is 0.360 e. The Labute approximate surface area is 90.7 Å². The second-order valence-corrected chi connectivity index (χ2v) is 3.83. The fourth-order valence-corrected chi connectivity index (χ4v) is 2.08. The minimum atomic E-state index is 0.531. The summed E-state index contributed by atoms with van der Waals surface area (Å²) in [7, 11) is 4.04. The third kappa shape index (κ3) is 2.03. The molecule has 0 aliphatic heterocycles. The topological polar surface area (TPSA) is 21.1 Å². The summed E-state index contributed by atoms with van der Waals surface area (Å²) in [6.07, 6.45) is 1.13. The van der Waals surface area contributed by atoms with E-state index >= 15 is 0 Å². The van der Waals surface area contributed by atoms with Gasteiger partial charge in [-0.05, 0) is 13.3 Å². The van der Waals surface area contributed by atoms with Crippen LogP contribution < -0.4 is 4.90 Å². The molecule has 14 heavy (non-hydrogen) atoms. The molecule has 0 unspecified atom stereocenters. The molecule has 1 aromatic rings. The second kappa shape index (κ2) is 4.69. The van der Waals surface area contributed by atoms with Crippen LogP contribution in [0.15, 0.2) is 0 Å². The number of halogens is 1. The summed E-state index contributed by atoms with van der Waals surface area (Å²) in [6, 6.07) is 0. The molecule has 4 heteroatoms. The molecular formula is C10H18ClN3. The molecule has 0 aliphatic rings. The lowest BCUT2D eigenvalue weighted by atomic mass is 10.2. The summed E-state index contributed by atoms with van der Waals surface area (Å²) < 4.78 is 1.91. The summed E-state index contributed by atoms with van der Waals surface area (Å²) in [4.78, 5) is 2.21. The third-order valence-electron chi connectivity index (χ3n) is 2.37. The van der Waals surface area contributed by atoms with E-state index in [0.717, 1.165) is 30.0 Å². The lowest BCUT2D eigenvalue weighted by Gasteiger charge is -2.19. The first-order valence-corrected chi connectivity index (χ1v) is 5.44. The van der Waals surface area contributed by atoms with Crippen molar-refractivity contribution in [3.63, 3.8) is 0 Å². The van der Waals surface area contributed by atoms with Crippen LogP contribution in [0.2, 0.25) is 0 Å². The minimum absolute atomic E-state index is 0.531. The number of nitrogens with zero attached hydrogens (tertiary/aromatic N) is 3. The van der Waals surface area contributed by atoms with Crippen molar-refractivity contribution in [3.05, 3.63) is 11.3 Å². The summed E-state index contributed by atoms with van der Waals surface area (Å²) in [5, 5.41) is 4.38. The van der Waals surface area contributed by atoms with E-state index < -0.39 is 0 Å². The molecular weight excluding hydrogens is 198 g/mol. The van der Waals surface area contributed by atoms with Gasteiger partial charge in [-0.3, -0.25) is 4.68 Å². The van der Waals surface area contributed by atoms with Gasteiger partial charge in [0.15, 0.2) is 0 Å². The van der Waals surface area contributed by atoms with E-state index in [1.54, 1.807) is 0 Å². The van der Waals surface area contributed by atoms with Crippen LogP contribution in [0.25, 0.3) is 0 Å². The fraction of sp³-hybridized carbons (Fsp3) is 0.700. The van der Waals surface area contributed by atoms with Gasteiger partial charge in [-0.1, -0.05) is 6.92 Å². The molecule has 0 saturated heterocycles. The van der Waals surface area contributed by atoms with E-state index in [-0.39, 0.29) is 0 Å². The monoisotopic (exact) mass is 215 g/mol. The van der Waals surface area contributed by atoms with Crippen LogP contribution in [0.3, 0.4) is 0 Å². The quantitative estimate of drug-likeness (QED) is 0.719. The van der Waals surface area contributed by atoms with Crippen LogP contribution in [-0.4, -0.2) is 23.4 Å². The van der Waals surface area contributed by atoms with Crippen LogP contribution in [0.4, 0.5) is 5.82 Å². The average Bonchev–Trinajstić information content (AvgIpc) is 2.40. The van der Waals surface area contributed by atoms with Gasteiger partial charge in [0.2, 0.25) is 0 Å². The standard InChI is InChI=1S/C10H18ClN3/c1-5-6-13(3)10-9(7-11)8(2)12-14(10)4/h5-7H2,1-4H3. The van der Waals surface area contributed by atoms with Crippen LogP contribution in [0.1, 0.15) is 24.6 Å². The third-order valence-corrected chi connectivity index (χ3v) is 2.63. The summed E-state index contributed by atoms with van der Waals surface area (Å²) in [5.41, 5.74) is 2.17. The molecule has 1 aromatic heterocycles. The molecule has 1 rings (SSSR count). The molecule has 80 valence electrons. The number of hydrogen-bond acceptors (Lipinski definition) is 2. The summed E-state index contributed by atoms with van der Waals surface area (Å²) in [6.45, 7) is 5.20. The lowest BCUT2D eigenvalue weighted by Crippen LogP contribution is -2.21. The maximum Gasteiger partial charge on any atom is 0.130 e. The molecule has 0 fully saturated rings. The van der Waals surface area contributed by atoms with Crippen molar-refractivity contribution in [1.29, 1.82) is 0 Å². The Morgan fingerprint density at radius 2 is 2.14 bits per heavy atom. The molecule has 0 aromatic carbocycles. The van der Waals surface area contributed by atoms with Crippen LogP contribution in [0.5, 0.6) is 0 Å². The number of hydrogen-bond donors (Lipinski definition) is 0. The normalized spacial score (nSPS) is 10.6. The van der Waals surface area contributed by atoms with Gasteiger partial charge in [-0.15, -0.1) is 11.6 Å². The number of anilines is 1. The van der Waals surface area contributed by atoms with Crippen LogP contribution in [0, 0.1) is 6.92 Å². The molecule has 0 atom stereocenters. The Bertz CT molecular complexity index is 307. The predicted molar refractivity (Wildman–Crippen MR) is 61.1 cm³/mol. The fourth-order valence-electron chi connectivity index (χ4n) is 1.77. The number of alkyl halides is 1. The Morgan fingerprint density at radius 3 is 2.64 bits per heavy atom. The predicted octanol–water partition coefficient (Wildman–Crippen LogP) is 2.31. The highest BCUT2D eigenvalue weighted by molar-refractivity contribution is 6.17. The van der Waals surface area contributed by atoms with Gasteiger partial charge in [-0.2, -0.15) is 5.10 Å². The Morgan fingerprint density at radius 1 is 1.50 bits per heavy atom. The smallest absolute Gasteiger partial charge is 0.130 e. The maximum absolute atomic E-state index is 5.91. The first-order chi connectivity index (χ1) is 6.61. The number of aromatic nitrogens is 2. The van der Waals surface area contributed by atoms with Gasteiger partial charge in [0.25, 0.3) is 0 Å². The number of rotatable bonds is 4. The number of aryl methyl sites for hydroxylation is 2. The molecule has 0 radical (unpaired) electrons. The van der Waals surface area contributed by atoms with Crippen molar-refractivity contribution in [2.24, 2.45) is 7.05 Å². The van der Waals surface area contributed by atoms with Crippen molar-refractivity contribution >= 4 is 17.4 Å². The van der Waals surface area contributed by atoms with Crippen molar-refractivity contribution < 1.29 is 0 Å². The van der Waals surface area contributed by atoms with E-state index in [9.17, 15) is 0 Å². The van der Waals surface area contributed by atoms with E-state index in [1.807, 2.05) is 18.7 Å². The molecule has 1 heterocycles. The van der Waals surface area contributed by atoms with Gasteiger partial charge in [0, 0.05) is 26.2 Å². The first kappa shape index (κ1) is 11.4. The maximum atomic E-state index is 5.91. The van der Waals surface area contributed by atoms with E-state index in [1.165, 1.54) is 0 Å². The van der Waals surface area contributed by atoms with Crippen LogP contribution in [-0.2, 0) is 12.9 Å². The zero-order chi connectivity index (χ0) is 10.7. The van der Waals surface area contributed by atoms with Crippen molar-refractivity contribution in [3.8, 4) is 0 Å². The molecule has 0 spiro atoms. The summed E-state index contributed by atoms with van der Waals surface area (Å²) >= 11 is 5.91. The van der Waals surface area contributed by atoms with Crippen LogP contribution >= 0.6 is 11.6 Å². The van der Waals surface area contributed by atoms with Gasteiger partial charge in [0.1, 0.15) is 5.82 Å². The van der Waals surface area contributed by atoms with Crippen molar-refractivity contribution in [2.75, 3.05) is 18.5 Å².